The Morgan fingerprint density at radius 1 is 1.67 bits per heavy atom. The number of methoxy groups -OCH3 is 1. The van der Waals surface area contributed by atoms with Crippen molar-refractivity contribution in [1.29, 1.82) is 0 Å². The molecule has 0 atom stereocenters. The van der Waals surface area contributed by atoms with Crippen molar-refractivity contribution >= 4 is 15.9 Å². The molecule has 0 heterocycles. The van der Waals surface area contributed by atoms with Crippen LogP contribution in [0.5, 0.6) is 5.75 Å². The summed E-state index contributed by atoms with van der Waals surface area (Å²) >= 11 is 3.17. The van der Waals surface area contributed by atoms with Crippen molar-refractivity contribution < 1.29 is 13.9 Å². The molecule has 0 unspecified atom stereocenters. The third-order valence-corrected chi connectivity index (χ3v) is 1.61. The monoisotopic (exact) mass is 233 g/mol. The van der Waals surface area contributed by atoms with Crippen molar-refractivity contribution in [2.24, 2.45) is 0 Å². The van der Waals surface area contributed by atoms with Crippen LogP contribution in [-0.2, 0) is 4.74 Å². The van der Waals surface area contributed by atoms with E-state index in [0.29, 0.717) is 0 Å². The Hall–Kier alpha value is -0.610. The summed E-state index contributed by atoms with van der Waals surface area (Å²) in [6.45, 7) is 0.0290. The molecule has 0 aliphatic rings. The lowest BCUT2D eigenvalue weighted by Gasteiger charge is -2.04. The molecule has 0 aliphatic carbocycles. The van der Waals surface area contributed by atoms with Crippen LogP contribution >= 0.6 is 15.9 Å². The normalized spacial score (nSPS) is 9.92. The van der Waals surface area contributed by atoms with Gasteiger partial charge in [0.2, 0.25) is 0 Å². The van der Waals surface area contributed by atoms with Crippen molar-refractivity contribution in [3.05, 3.63) is 28.5 Å². The Bertz CT molecular complexity index is 265. The fourth-order valence-corrected chi connectivity index (χ4v) is 0.984. The van der Waals surface area contributed by atoms with E-state index in [2.05, 4.69) is 26.7 Å². The van der Waals surface area contributed by atoms with E-state index in [9.17, 15) is 4.39 Å². The molecule has 0 saturated carbocycles. The van der Waals surface area contributed by atoms with Gasteiger partial charge < -0.3 is 9.47 Å². The van der Waals surface area contributed by atoms with Gasteiger partial charge in [-0.15, -0.1) is 0 Å². The lowest BCUT2D eigenvalue weighted by molar-refractivity contribution is 0.0482. The highest BCUT2D eigenvalue weighted by Crippen LogP contribution is 2.21. The van der Waals surface area contributed by atoms with Gasteiger partial charge in [0.05, 0.1) is 0 Å². The van der Waals surface area contributed by atoms with E-state index in [1.807, 2.05) is 0 Å². The summed E-state index contributed by atoms with van der Waals surface area (Å²) in [4.78, 5) is 0. The average Bonchev–Trinajstić information content (AvgIpc) is 2.07. The van der Waals surface area contributed by atoms with Crippen molar-refractivity contribution in [2.75, 3.05) is 13.9 Å². The van der Waals surface area contributed by atoms with Crippen molar-refractivity contribution in [3.8, 4) is 5.75 Å². The van der Waals surface area contributed by atoms with Crippen LogP contribution in [0.25, 0.3) is 0 Å². The summed E-state index contributed by atoms with van der Waals surface area (Å²) in [5, 5.41) is 0. The van der Waals surface area contributed by atoms with Crippen LogP contribution in [0.4, 0.5) is 4.39 Å². The fourth-order valence-electron chi connectivity index (χ4n) is 0.661. The van der Waals surface area contributed by atoms with E-state index in [1.54, 1.807) is 0 Å². The number of halogens is 2. The Morgan fingerprint density at radius 2 is 2.42 bits per heavy atom. The highest BCUT2D eigenvalue weighted by Gasteiger charge is 2.03. The molecule has 2 nitrogen and oxygen atoms in total. The molecule has 0 aliphatic heterocycles. The van der Waals surface area contributed by atoms with E-state index in [0.717, 1.165) is 4.47 Å². The molecule has 0 bridgehead atoms. The van der Waals surface area contributed by atoms with Gasteiger partial charge in [0.1, 0.15) is 0 Å². The smallest absolute Gasteiger partial charge is 0.188 e. The minimum atomic E-state index is -0.518. The van der Waals surface area contributed by atoms with E-state index < -0.39 is 5.82 Å². The van der Waals surface area contributed by atoms with Gasteiger partial charge >= 0.3 is 0 Å². The van der Waals surface area contributed by atoms with Gasteiger partial charge in [-0.3, -0.25) is 0 Å². The van der Waals surface area contributed by atoms with E-state index in [1.165, 1.54) is 19.2 Å². The van der Waals surface area contributed by atoms with Crippen LogP contribution in [0.2, 0.25) is 0 Å². The van der Waals surface area contributed by atoms with E-state index in [-0.39, 0.29) is 12.5 Å². The molecular weight excluding hydrogens is 227 g/mol. The third kappa shape index (κ3) is 2.46. The van der Waals surface area contributed by atoms with Crippen LogP contribution in [-0.4, -0.2) is 13.9 Å². The van der Waals surface area contributed by atoms with Crippen molar-refractivity contribution in [1.82, 2.24) is 0 Å². The SMILES string of the molecule is COCOc1cc(Br)c[c]c1F. The molecule has 0 saturated heterocycles. The number of benzene rings is 1. The van der Waals surface area contributed by atoms with Crippen LogP contribution in [0, 0.1) is 11.9 Å². The molecule has 4 heteroatoms. The van der Waals surface area contributed by atoms with Gasteiger partial charge in [-0.2, -0.15) is 0 Å². The van der Waals surface area contributed by atoms with Gasteiger partial charge in [0.15, 0.2) is 18.4 Å². The molecule has 65 valence electrons. The van der Waals surface area contributed by atoms with Crippen molar-refractivity contribution in [2.45, 2.75) is 0 Å². The quantitative estimate of drug-likeness (QED) is 0.747. The second-order valence-corrected chi connectivity index (χ2v) is 2.96. The number of hydrogen-bond acceptors (Lipinski definition) is 2. The Kier molecular flexibility index (Phi) is 3.49. The molecule has 0 spiro atoms. The van der Waals surface area contributed by atoms with Gasteiger partial charge in [-0.05, 0) is 12.1 Å². The molecule has 1 aromatic carbocycles. The summed E-state index contributed by atoms with van der Waals surface area (Å²) in [5.41, 5.74) is 0. The van der Waals surface area contributed by atoms with Crippen LogP contribution in [0.3, 0.4) is 0 Å². The minimum Gasteiger partial charge on any atom is -0.464 e. The third-order valence-electron chi connectivity index (χ3n) is 1.15. The zero-order chi connectivity index (χ0) is 8.97. The Labute approximate surface area is 78.4 Å². The number of hydrogen-bond donors (Lipinski definition) is 0. The highest BCUT2D eigenvalue weighted by molar-refractivity contribution is 9.10. The van der Waals surface area contributed by atoms with Gasteiger partial charge in [-0.25, -0.2) is 4.39 Å². The molecule has 1 aromatic rings. The maximum atomic E-state index is 12.8. The first kappa shape index (κ1) is 9.48. The predicted octanol–water partition coefficient (Wildman–Crippen LogP) is 2.37. The zero-order valence-corrected chi connectivity index (χ0v) is 8.02. The topological polar surface area (TPSA) is 18.5 Å². The summed E-state index contributed by atoms with van der Waals surface area (Å²) in [6.07, 6.45) is 0. The lowest BCUT2D eigenvalue weighted by Crippen LogP contribution is -2.00. The first-order chi connectivity index (χ1) is 5.74. The average molecular weight is 234 g/mol. The molecule has 12 heavy (non-hydrogen) atoms. The van der Waals surface area contributed by atoms with Crippen LogP contribution in [0.15, 0.2) is 16.6 Å². The van der Waals surface area contributed by atoms with E-state index in [4.69, 9.17) is 4.74 Å². The highest BCUT2D eigenvalue weighted by atomic mass is 79.9. The largest absolute Gasteiger partial charge is 0.464 e. The second-order valence-electron chi connectivity index (χ2n) is 2.05. The van der Waals surface area contributed by atoms with Crippen molar-refractivity contribution in [3.63, 3.8) is 0 Å². The molecule has 0 aromatic heterocycles. The fraction of sp³-hybridized carbons (Fsp3) is 0.250. The molecule has 0 N–H and O–H groups in total. The standard InChI is InChI=1S/C8H7BrFO2/c1-11-5-12-8-4-6(9)2-3-7(8)10/h2,4H,5H2,1H3. The van der Waals surface area contributed by atoms with E-state index >= 15 is 0 Å². The Morgan fingerprint density at radius 3 is 3.08 bits per heavy atom. The van der Waals surface area contributed by atoms with Gasteiger partial charge in [-0.1, -0.05) is 15.9 Å². The molecule has 1 radical (unpaired) electrons. The van der Waals surface area contributed by atoms with Crippen LogP contribution < -0.4 is 4.74 Å². The molecule has 0 amide bonds. The first-order valence-electron chi connectivity index (χ1n) is 3.22. The summed E-state index contributed by atoms with van der Waals surface area (Å²) in [7, 11) is 1.47. The summed E-state index contributed by atoms with van der Waals surface area (Å²) in [5.74, 6) is -0.388. The predicted molar refractivity (Wildman–Crippen MR) is 45.4 cm³/mol. The van der Waals surface area contributed by atoms with Crippen LogP contribution in [0.1, 0.15) is 0 Å². The summed E-state index contributed by atoms with van der Waals surface area (Å²) in [6, 6.07) is 5.38. The maximum Gasteiger partial charge on any atom is 0.188 e. The maximum absolute atomic E-state index is 12.8. The zero-order valence-electron chi connectivity index (χ0n) is 6.43. The first-order valence-corrected chi connectivity index (χ1v) is 4.02. The number of ether oxygens (including phenoxy) is 2. The van der Waals surface area contributed by atoms with Gasteiger partial charge in [0, 0.05) is 17.6 Å². The molecule has 1 rings (SSSR count). The molecule has 0 fully saturated rings. The molecular formula is C8H7BrFO2. The second kappa shape index (κ2) is 4.42. The minimum absolute atomic E-state index is 0.0290. The van der Waals surface area contributed by atoms with Gasteiger partial charge in [0.25, 0.3) is 0 Å². The summed E-state index contributed by atoms with van der Waals surface area (Å²) < 4.78 is 23.1. The lowest BCUT2D eigenvalue weighted by atomic mass is 10.3. The number of rotatable bonds is 3. The Balaban J connectivity index is 2.75.